The van der Waals surface area contributed by atoms with E-state index in [-0.39, 0.29) is 6.10 Å². The monoisotopic (exact) mass is 241 g/mol. The zero-order valence-electron chi connectivity index (χ0n) is 12.3. The van der Waals surface area contributed by atoms with Gasteiger partial charge in [-0.1, -0.05) is 78.1 Å². The number of aliphatic hydroxyl groups excluding tert-OH is 1. The molecule has 0 spiro atoms. The fourth-order valence-corrected chi connectivity index (χ4v) is 2.10. The van der Waals surface area contributed by atoms with E-state index in [9.17, 15) is 5.11 Å². The van der Waals surface area contributed by atoms with Crippen LogP contribution in [0, 0.1) is 5.92 Å². The Hall–Kier alpha value is -0.0400. The molecule has 0 aromatic heterocycles. The SMILES string of the molecule is CCCCCCCCCCCC[C](C)C(C)O. The highest BCUT2D eigenvalue weighted by Gasteiger charge is 2.07. The molecule has 0 heterocycles. The Morgan fingerprint density at radius 2 is 1.24 bits per heavy atom. The molecular formula is C16H33O. The summed E-state index contributed by atoms with van der Waals surface area (Å²) in [5.41, 5.74) is 0. The largest absolute Gasteiger partial charge is 0.393 e. The molecule has 1 unspecified atom stereocenters. The van der Waals surface area contributed by atoms with Crippen LogP contribution in [0.3, 0.4) is 0 Å². The van der Waals surface area contributed by atoms with Gasteiger partial charge in [0.15, 0.2) is 0 Å². The van der Waals surface area contributed by atoms with Gasteiger partial charge in [0, 0.05) is 5.92 Å². The topological polar surface area (TPSA) is 20.2 Å². The number of unbranched alkanes of at least 4 members (excludes halogenated alkanes) is 9. The maximum absolute atomic E-state index is 9.33. The van der Waals surface area contributed by atoms with Crippen molar-refractivity contribution in [1.29, 1.82) is 0 Å². The molecule has 0 aliphatic carbocycles. The summed E-state index contributed by atoms with van der Waals surface area (Å²) in [5.74, 6) is 1.24. The lowest BCUT2D eigenvalue weighted by Crippen LogP contribution is -2.10. The smallest absolute Gasteiger partial charge is 0.0571 e. The Labute approximate surface area is 109 Å². The number of aliphatic hydroxyl groups is 1. The molecule has 1 nitrogen and oxygen atoms in total. The highest BCUT2D eigenvalue weighted by molar-refractivity contribution is 4.89. The first-order valence-electron chi connectivity index (χ1n) is 7.68. The van der Waals surface area contributed by atoms with Crippen LogP contribution in [-0.2, 0) is 0 Å². The molecule has 0 aliphatic heterocycles. The average Bonchev–Trinajstić information content (AvgIpc) is 2.31. The van der Waals surface area contributed by atoms with E-state index < -0.39 is 0 Å². The van der Waals surface area contributed by atoms with E-state index in [0.717, 1.165) is 6.42 Å². The molecule has 103 valence electrons. The van der Waals surface area contributed by atoms with Crippen LogP contribution in [0.2, 0.25) is 0 Å². The van der Waals surface area contributed by atoms with E-state index in [2.05, 4.69) is 13.8 Å². The second kappa shape index (κ2) is 12.4. The highest BCUT2D eigenvalue weighted by atomic mass is 16.3. The Bertz CT molecular complexity index is 142. The summed E-state index contributed by atoms with van der Waals surface area (Å²) in [4.78, 5) is 0. The molecule has 0 saturated carbocycles. The van der Waals surface area contributed by atoms with Crippen LogP contribution in [0.25, 0.3) is 0 Å². The van der Waals surface area contributed by atoms with Crippen molar-refractivity contribution in [2.75, 3.05) is 0 Å². The fourth-order valence-electron chi connectivity index (χ4n) is 2.10. The zero-order valence-corrected chi connectivity index (χ0v) is 12.3. The minimum Gasteiger partial charge on any atom is -0.393 e. The molecule has 0 rings (SSSR count). The first-order valence-corrected chi connectivity index (χ1v) is 7.68. The average molecular weight is 241 g/mol. The van der Waals surface area contributed by atoms with Gasteiger partial charge >= 0.3 is 0 Å². The van der Waals surface area contributed by atoms with Gasteiger partial charge in [-0.05, 0) is 13.3 Å². The van der Waals surface area contributed by atoms with E-state index >= 15 is 0 Å². The van der Waals surface area contributed by atoms with Crippen LogP contribution in [0.5, 0.6) is 0 Å². The maximum atomic E-state index is 9.33. The predicted molar refractivity (Wildman–Crippen MR) is 77.1 cm³/mol. The van der Waals surface area contributed by atoms with Gasteiger partial charge in [-0.15, -0.1) is 0 Å². The molecular weight excluding hydrogens is 208 g/mol. The Kier molecular flexibility index (Phi) is 12.4. The van der Waals surface area contributed by atoms with Crippen molar-refractivity contribution in [3.8, 4) is 0 Å². The van der Waals surface area contributed by atoms with Gasteiger partial charge in [0.1, 0.15) is 0 Å². The van der Waals surface area contributed by atoms with Crippen LogP contribution >= 0.6 is 0 Å². The lowest BCUT2D eigenvalue weighted by molar-refractivity contribution is 0.201. The normalized spacial score (nSPS) is 13.2. The zero-order chi connectivity index (χ0) is 12.9. The van der Waals surface area contributed by atoms with Crippen LogP contribution in [-0.4, -0.2) is 11.2 Å². The fraction of sp³-hybridized carbons (Fsp3) is 0.938. The third kappa shape index (κ3) is 12.2. The van der Waals surface area contributed by atoms with Crippen LogP contribution in [0.1, 0.15) is 91.4 Å². The van der Waals surface area contributed by atoms with E-state index in [4.69, 9.17) is 0 Å². The van der Waals surface area contributed by atoms with Crippen LogP contribution < -0.4 is 0 Å². The maximum Gasteiger partial charge on any atom is 0.0571 e. The van der Waals surface area contributed by atoms with Crippen molar-refractivity contribution in [1.82, 2.24) is 0 Å². The van der Waals surface area contributed by atoms with Crippen molar-refractivity contribution < 1.29 is 5.11 Å². The Morgan fingerprint density at radius 3 is 1.65 bits per heavy atom. The van der Waals surface area contributed by atoms with Gasteiger partial charge < -0.3 is 5.11 Å². The molecule has 1 radical (unpaired) electrons. The molecule has 17 heavy (non-hydrogen) atoms. The van der Waals surface area contributed by atoms with Crippen molar-refractivity contribution in [2.24, 2.45) is 0 Å². The molecule has 1 heteroatoms. The lowest BCUT2D eigenvalue weighted by Gasteiger charge is -2.13. The molecule has 0 aliphatic rings. The third-order valence-electron chi connectivity index (χ3n) is 3.64. The van der Waals surface area contributed by atoms with Gasteiger partial charge in [-0.2, -0.15) is 0 Å². The molecule has 0 bridgehead atoms. The van der Waals surface area contributed by atoms with Gasteiger partial charge in [-0.25, -0.2) is 0 Å². The van der Waals surface area contributed by atoms with Crippen molar-refractivity contribution in [3.05, 3.63) is 5.92 Å². The quantitative estimate of drug-likeness (QED) is 0.461. The van der Waals surface area contributed by atoms with Crippen molar-refractivity contribution >= 4 is 0 Å². The summed E-state index contributed by atoms with van der Waals surface area (Å²) in [6.07, 6.45) is 14.7. The summed E-state index contributed by atoms with van der Waals surface area (Å²) in [6, 6.07) is 0. The summed E-state index contributed by atoms with van der Waals surface area (Å²) < 4.78 is 0. The standard InChI is InChI=1S/C16H33O/c1-4-5-6-7-8-9-10-11-12-13-14-15(2)16(3)17/h16-17H,4-14H2,1-3H3. The molecule has 1 N–H and O–H groups in total. The predicted octanol–water partition coefficient (Wildman–Crippen LogP) is 5.27. The number of rotatable bonds is 12. The molecule has 0 aromatic rings. The molecule has 0 saturated heterocycles. The van der Waals surface area contributed by atoms with E-state index in [0.29, 0.717) is 0 Å². The summed E-state index contributed by atoms with van der Waals surface area (Å²) in [5, 5.41) is 9.33. The summed E-state index contributed by atoms with van der Waals surface area (Å²) in [7, 11) is 0. The number of hydrogen-bond donors (Lipinski definition) is 1. The minimum absolute atomic E-state index is 0.214. The van der Waals surface area contributed by atoms with Crippen molar-refractivity contribution in [3.63, 3.8) is 0 Å². The van der Waals surface area contributed by atoms with Crippen LogP contribution in [0.15, 0.2) is 0 Å². The van der Waals surface area contributed by atoms with Crippen LogP contribution in [0.4, 0.5) is 0 Å². The molecule has 0 aromatic carbocycles. The Balaban J connectivity index is 3.03. The van der Waals surface area contributed by atoms with Gasteiger partial charge in [0.2, 0.25) is 0 Å². The second-order valence-corrected chi connectivity index (χ2v) is 5.45. The highest BCUT2D eigenvalue weighted by Crippen LogP contribution is 2.16. The van der Waals surface area contributed by atoms with Gasteiger partial charge in [-0.3, -0.25) is 0 Å². The minimum atomic E-state index is -0.214. The first-order chi connectivity index (χ1) is 8.18. The molecule has 0 amide bonds. The molecule has 1 atom stereocenters. The van der Waals surface area contributed by atoms with Gasteiger partial charge in [0.25, 0.3) is 0 Å². The summed E-state index contributed by atoms with van der Waals surface area (Å²) in [6.45, 7) is 6.20. The van der Waals surface area contributed by atoms with E-state index in [1.165, 1.54) is 70.1 Å². The first kappa shape index (κ1) is 17.0. The third-order valence-corrected chi connectivity index (χ3v) is 3.64. The van der Waals surface area contributed by atoms with E-state index in [1.54, 1.807) is 0 Å². The van der Waals surface area contributed by atoms with Gasteiger partial charge in [0.05, 0.1) is 6.10 Å². The number of hydrogen-bond acceptors (Lipinski definition) is 1. The summed E-state index contributed by atoms with van der Waals surface area (Å²) >= 11 is 0. The Morgan fingerprint density at radius 1 is 0.824 bits per heavy atom. The molecule has 0 fully saturated rings. The second-order valence-electron chi connectivity index (χ2n) is 5.45. The lowest BCUT2D eigenvalue weighted by atomic mass is 9.97. The van der Waals surface area contributed by atoms with Crippen molar-refractivity contribution in [2.45, 2.75) is 97.5 Å². The van der Waals surface area contributed by atoms with E-state index in [1.807, 2.05) is 6.92 Å².